The number of benzene rings is 1. The number of hydrogen-bond acceptors (Lipinski definition) is 6. The average molecular weight is 448 g/mol. The van der Waals surface area contributed by atoms with Gasteiger partial charge in [-0.15, -0.1) is 11.3 Å². The van der Waals surface area contributed by atoms with Crippen molar-refractivity contribution < 1.29 is 23.0 Å². The Labute approximate surface area is 181 Å². The molecule has 164 valence electrons. The lowest BCUT2D eigenvalue weighted by atomic mass is 9.97. The number of thiophene rings is 1. The quantitative estimate of drug-likeness (QED) is 0.493. The summed E-state index contributed by atoms with van der Waals surface area (Å²) in [7, 11) is 0. The van der Waals surface area contributed by atoms with Crippen LogP contribution in [-0.4, -0.2) is 22.1 Å². The zero-order chi connectivity index (χ0) is 22.0. The summed E-state index contributed by atoms with van der Waals surface area (Å²) < 4.78 is 35.7. The molecule has 0 amide bonds. The fraction of sp³-hybridized carbons (Fsp3) is 0.409. The maximum Gasteiger partial charge on any atom is 0.387 e. The van der Waals surface area contributed by atoms with E-state index in [0.717, 1.165) is 36.1 Å². The molecular weight excluding hydrogens is 426 g/mol. The summed E-state index contributed by atoms with van der Waals surface area (Å²) in [5, 5.41) is 0.690. The van der Waals surface area contributed by atoms with Gasteiger partial charge in [0.05, 0.1) is 18.1 Å². The normalized spacial score (nSPS) is 14.5. The molecule has 1 aliphatic rings. The van der Waals surface area contributed by atoms with Gasteiger partial charge in [-0.1, -0.05) is 12.1 Å². The Bertz CT molecular complexity index is 1140. The molecule has 0 N–H and O–H groups in total. The minimum absolute atomic E-state index is 0.0241. The van der Waals surface area contributed by atoms with Gasteiger partial charge in [0.1, 0.15) is 16.7 Å². The Kier molecular flexibility index (Phi) is 6.31. The van der Waals surface area contributed by atoms with Crippen molar-refractivity contribution in [2.24, 2.45) is 0 Å². The van der Waals surface area contributed by atoms with E-state index >= 15 is 0 Å². The molecule has 3 aromatic rings. The number of carbonyl (C=O) groups is 1. The van der Waals surface area contributed by atoms with Gasteiger partial charge in [0.15, 0.2) is 0 Å². The molecule has 0 radical (unpaired) electrons. The third kappa shape index (κ3) is 4.76. The lowest BCUT2D eigenvalue weighted by Gasteiger charge is -2.15. The summed E-state index contributed by atoms with van der Waals surface area (Å²) >= 11 is 1.59. The topological polar surface area (TPSA) is 70.4 Å². The minimum atomic E-state index is -2.89. The molecule has 2 heterocycles. The van der Waals surface area contributed by atoms with Crippen LogP contribution in [0.5, 0.6) is 5.75 Å². The Balaban J connectivity index is 1.39. The van der Waals surface area contributed by atoms with Crippen LogP contribution in [-0.2, 0) is 28.9 Å². The molecule has 0 saturated carbocycles. The van der Waals surface area contributed by atoms with Gasteiger partial charge in [0, 0.05) is 11.4 Å². The Hall–Kier alpha value is -2.81. The van der Waals surface area contributed by atoms with E-state index in [1.165, 1.54) is 27.9 Å². The predicted molar refractivity (Wildman–Crippen MR) is 113 cm³/mol. The summed E-state index contributed by atoms with van der Waals surface area (Å²) in [4.78, 5) is 31.7. The molecule has 0 aliphatic heterocycles. The highest BCUT2D eigenvalue weighted by Gasteiger charge is 2.20. The van der Waals surface area contributed by atoms with Gasteiger partial charge in [-0.2, -0.15) is 8.78 Å². The number of rotatable bonds is 7. The van der Waals surface area contributed by atoms with Gasteiger partial charge in [-0.3, -0.25) is 14.2 Å². The standard InChI is InChI=1S/C22H22F2N2O4S/c1-13(14-6-8-15(9-7-14)30-22(23)24)29-18(27)10-11-26-12-25-20-19(21(26)28)16-4-2-3-5-17(16)31-20/h6-9,12-13,22H,2-5,10-11H2,1H3. The number of nitrogens with zero attached hydrogens (tertiary/aromatic N) is 2. The number of alkyl halides is 2. The highest BCUT2D eigenvalue weighted by atomic mass is 32.1. The Morgan fingerprint density at radius 3 is 2.71 bits per heavy atom. The molecule has 2 aromatic heterocycles. The minimum Gasteiger partial charge on any atom is -0.458 e. The first-order valence-corrected chi connectivity index (χ1v) is 11.0. The van der Waals surface area contributed by atoms with E-state index < -0.39 is 18.7 Å². The first-order valence-electron chi connectivity index (χ1n) is 10.2. The monoisotopic (exact) mass is 448 g/mol. The highest BCUT2D eigenvalue weighted by molar-refractivity contribution is 7.18. The van der Waals surface area contributed by atoms with Crippen LogP contribution in [0.4, 0.5) is 8.78 Å². The van der Waals surface area contributed by atoms with Crippen molar-refractivity contribution in [2.75, 3.05) is 0 Å². The number of halogens is 2. The average Bonchev–Trinajstić information content (AvgIpc) is 3.12. The number of fused-ring (bicyclic) bond motifs is 3. The second kappa shape index (κ2) is 9.13. The summed E-state index contributed by atoms with van der Waals surface area (Å²) in [5.41, 5.74) is 1.66. The summed E-state index contributed by atoms with van der Waals surface area (Å²) in [6.07, 6.45) is 5.06. The van der Waals surface area contributed by atoms with Crippen molar-refractivity contribution in [3.05, 3.63) is 57.0 Å². The van der Waals surface area contributed by atoms with E-state index in [4.69, 9.17) is 4.74 Å². The maximum absolute atomic E-state index is 12.9. The van der Waals surface area contributed by atoms with Gasteiger partial charge in [-0.05, 0) is 55.9 Å². The van der Waals surface area contributed by atoms with Crippen molar-refractivity contribution >= 4 is 27.5 Å². The van der Waals surface area contributed by atoms with E-state index in [1.807, 2.05) is 0 Å². The van der Waals surface area contributed by atoms with E-state index in [9.17, 15) is 18.4 Å². The van der Waals surface area contributed by atoms with Crippen LogP contribution < -0.4 is 10.3 Å². The van der Waals surface area contributed by atoms with Crippen LogP contribution in [0, 0.1) is 0 Å². The number of ether oxygens (including phenoxy) is 2. The van der Waals surface area contributed by atoms with Gasteiger partial charge >= 0.3 is 12.6 Å². The van der Waals surface area contributed by atoms with E-state index in [1.54, 1.807) is 30.4 Å². The molecule has 1 unspecified atom stereocenters. The van der Waals surface area contributed by atoms with Crippen molar-refractivity contribution in [3.63, 3.8) is 0 Å². The van der Waals surface area contributed by atoms with E-state index in [2.05, 4.69) is 9.72 Å². The van der Waals surface area contributed by atoms with Gasteiger partial charge < -0.3 is 9.47 Å². The highest BCUT2D eigenvalue weighted by Crippen LogP contribution is 2.33. The summed E-state index contributed by atoms with van der Waals surface area (Å²) in [6, 6.07) is 5.93. The smallest absolute Gasteiger partial charge is 0.387 e. The second-order valence-electron chi connectivity index (χ2n) is 7.46. The molecule has 1 aliphatic carbocycles. The number of aryl methyl sites for hydroxylation is 3. The molecule has 0 saturated heterocycles. The fourth-order valence-electron chi connectivity index (χ4n) is 3.80. The SMILES string of the molecule is CC(OC(=O)CCn1cnc2sc3c(c2c1=O)CCCC3)c1ccc(OC(F)F)cc1. The molecule has 0 bridgehead atoms. The Morgan fingerprint density at radius 2 is 1.97 bits per heavy atom. The van der Waals surface area contributed by atoms with Crippen molar-refractivity contribution in [1.29, 1.82) is 0 Å². The van der Waals surface area contributed by atoms with Crippen molar-refractivity contribution in [1.82, 2.24) is 9.55 Å². The molecule has 0 fully saturated rings. The number of aromatic nitrogens is 2. The van der Waals surface area contributed by atoms with Crippen LogP contribution in [0.1, 0.15) is 48.3 Å². The number of carbonyl (C=O) groups excluding carboxylic acids is 1. The lowest BCUT2D eigenvalue weighted by molar-refractivity contribution is -0.148. The van der Waals surface area contributed by atoms with Crippen LogP contribution in [0.2, 0.25) is 0 Å². The molecule has 9 heteroatoms. The zero-order valence-electron chi connectivity index (χ0n) is 17.0. The molecule has 31 heavy (non-hydrogen) atoms. The van der Waals surface area contributed by atoms with Gasteiger partial charge in [-0.25, -0.2) is 4.98 Å². The largest absolute Gasteiger partial charge is 0.458 e. The second-order valence-corrected chi connectivity index (χ2v) is 8.55. The van der Waals surface area contributed by atoms with Gasteiger partial charge in [0.25, 0.3) is 5.56 Å². The summed E-state index contributed by atoms with van der Waals surface area (Å²) in [6.45, 7) is -1.02. The molecule has 4 rings (SSSR count). The number of esters is 1. The molecule has 6 nitrogen and oxygen atoms in total. The first kappa shape index (κ1) is 21.4. The van der Waals surface area contributed by atoms with Crippen LogP contribution in [0.3, 0.4) is 0 Å². The molecule has 1 atom stereocenters. The van der Waals surface area contributed by atoms with E-state index in [-0.39, 0.29) is 24.3 Å². The van der Waals surface area contributed by atoms with Gasteiger partial charge in [0.2, 0.25) is 0 Å². The Morgan fingerprint density at radius 1 is 1.23 bits per heavy atom. The zero-order valence-corrected chi connectivity index (χ0v) is 17.8. The summed E-state index contributed by atoms with van der Waals surface area (Å²) in [5.74, 6) is -0.421. The van der Waals surface area contributed by atoms with Crippen LogP contribution >= 0.6 is 11.3 Å². The predicted octanol–water partition coefficient (Wildman–Crippen LogP) is 4.63. The first-order chi connectivity index (χ1) is 14.9. The fourth-order valence-corrected chi connectivity index (χ4v) is 5.02. The molecular formula is C22H22F2N2O4S. The third-order valence-corrected chi connectivity index (χ3v) is 6.58. The van der Waals surface area contributed by atoms with Crippen molar-refractivity contribution in [2.45, 2.75) is 58.3 Å². The lowest BCUT2D eigenvalue weighted by Crippen LogP contribution is -2.23. The van der Waals surface area contributed by atoms with E-state index in [0.29, 0.717) is 10.9 Å². The van der Waals surface area contributed by atoms with Crippen molar-refractivity contribution in [3.8, 4) is 5.75 Å². The number of hydrogen-bond donors (Lipinski definition) is 0. The maximum atomic E-state index is 12.9. The third-order valence-electron chi connectivity index (χ3n) is 5.38. The molecule has 1 aromatic carbocycles. The van der Waals surface area contributed by atoms with Crippen LogP contribution in [0.25, 0.3) is 10.2 Å². The van der Waals surface area contributed by atoms with Crippen LogP contribution in [0.15, 0.2) is 35.4 Å². The molecule has 0 spiro atoms.